The van der Waals surface area contributed by atoms with Crippen LogP contribution in [0.25, 0.3) is 0 Å². The molecule has 1 aromatic carbocycles. The molecule has 4 bridgehead atoms. The van der Waals surface area contributed by atoms with Gasteiger partial charge in [0.1, 0.15) is 0 Å². The molecular weight excluding hydrogens is 244 g/mol. The Bertz CT molecular complexity index is 454. The average molecular weight is 270 g/mol. The molecule has 2 heteroatoms. The Morgan fingerprint density at radius 3 is 2.35 bits per heavy atom. The first kappa shape index (κ1) is 12.7. The molecule has 0 radical (unpaired) electrons. The highest BCUT2D eigenvalue weighted by Gasteiger charge is 2.47. The molecule has 3 N–H and O–H groups in total. The van der Waals surface area contributed by atoms with Crippen molar-refractivity contribution >= 4 is 5.69 Å². The molecular formula is C18H26N2. The highest BCUT2D eigenvalue weighted by molar-refractivity contribution is 5.45. The van der Waals surface area contributed by atoms with Crippen LogP contribution in [-0.2, 0) is 6.54 Å². The lowest BCUT2D eigenvalue weighted by Crippen LogP contribution is -2.47. The highest BCUT2D eigenvalue weighted by Crippen LogP contribution is 2.56. The van der Waals surface area contributed by atoms with Crippen molar-refractivity contribution in [1.82, 2.24) is 0 Å². The third-order valence-electron chi connectivity index (χ3n) is 6.13. The van der Waals surface area contributed by atoms with Gasteiger partial charge in [0.2, 0.25) is 0 Å². The summed E-state index contributed by atoms with van der Waals surface area (Å²) in [4.78, 5) is 0. The molecule has 108 valence electrons. The predicted octanol–water partition coefficient (Wildman–Crippen LogP) is 3.63. The van der Waals surface area contributed by atoms with Gasteiger partial charge in [-0.25, -0.2) is 0 Å². The van der Waals surface area contributed by atoms with Crippen molar-refractivity contribution in [2.24, 2.45) is 35.3 Å². The molecule has 1 aromatic rings. The molecule has 20 heavy (non-hydrogen) atoms. The summed E-state index contributed by atoms with van der Waals surface area (Å²) in [6.07, 6.45) is 7.61. The molecule has 0 heterocycles. The SMILES string of the molecule is NCc1cccc(NCC2C3CC4CC(C3)CC2C4)c1. The van der Waals surface area contributed by atoms with Crippen molar-refractivity contribution in [3.63, 3.8) is 0 Å². The Labute approximate surface area is 122 Å². The van der Waals surface area contributed by atoms with E-state index in [1.807, 2.05) is 0 Å². The van der Waals surface area contributed by atoms with Crippen LogP contribution in [0, 0.1) is 29.6 Å². The lowest BCUT2D eigenvalue weighted by atomic mass is 9.52. The zero-order valence-corrected chi connectivity index (χ0v) is 12.2. The summed E-state index contributed by atoms with van der Waals surface area (Å²) in [6.45, 7) is 1.80. The molecule has 4 fully saturated rings. The predicted molar refractivity (Wildman–Crippen MR) is 83.4 cm³/mol. The minimum Gasteiger partial charge on any atom is -0.385 e. The van der Waals surface area contributed by atoms with E-state index in [1.165, 1.54) is 43.5 Å². The van der Waals surface area contributed by atoms with Crippen LogP contribution in [0.2, 0.25) is 0 Å². The molecule has 4 aliphatic carbocycles. The molecule has 0 aromatic heterocycles. The zero-order valence-electron chi connectivity index (χ0n) is 12.2. The Kier molecular flexibility index (Phi) is 3.22. The van der Waals surface area contributed by atoms with Gasteiger partial charge in [-0.2, -0.15) is 0 Å². The minimum absolute atomic E-state index is 0.632. The van der Waals surface area contributed by atoms with Gasteiger partial charge < -0.3 is 11.1 Å². The minimum atomic E-state index is 0.632. The quantitative estimate of drug-likeness (QED) is 0.877. The number of hydrogen-bond donors (Lipinski definition) is 2. The summed E-state index contributed by atoms with van der Waals surface area (Å²) in [5.41, 5.74) is 8.20. The first-order chi connectivity index (χ1) is 9.81. The van der Waals surface area contributed by atoms with Crippen LogP contribution in [0.15, 0.2) is 24.3 Å². The van der Waals surface area contributed by atoms with E-state index in [9.17, 15) is 0 Å². The topological polar surface area (TPSA) is 38.0 Å². The average Bonchev–Trinajstić information content (AvgIpc) is 2.46. The Hall–Kier alpha value is -1.02. The number of hydrogen-bond acceptors (Lipinski definition) is 2. The number of rotatable bonds is 4. The fourth-order valence-electron chi connectivity index (χ4n) is 5.42. The molecule has 0 unspecified atom stereocenters. The molecule has 0 saturated heterocycles. The van der Waals surface area contributed by atoms with Crippen molar-refractivity contribution in [3.05, 3.63) is 29.8 Å². The van der Waals surface area contributed by atoms with Crippen LogP contribution in [0.3, 0.4) is 0 Å². The first-order valence-electron chi connectivity index (χ1n) is 8.34. The van der Waals surface area contributed by atoms with E-state index in [0.29, 0.717) is 6.54 Å². The van der Waals surface area contributed by atoms with Gasteiger partial charge in [0.05, 0.1) is 0 Å². The van der Waals surface area contributed by atoms with Crippen LogP contribution in [0.1, 0.15) is 37.7 Å². The lowest BCUT2D eigenvalue weighted by Gasteiger charge is -2.54. The standard InChI is InChI=1S/C18H26N2/c19-10-12-2-1-3-17(9-12)20-11-18-15-5-13-4-14(7-15)8-16(18)6-13/h1-3,9,13-16,18,20H,4-8,10-11,19H2. The molecule has 2 nitrogen and oxygen atoms in total. The van der Waals surface area contributed by atoms with Crippen LogP contribution in [0.5, 0.6) is 0 Å². The van der Waals surface area contributed by atoms with E-state index in [2.05, 4.69) is 29.6 Å². The summed E-state index contributed by atoms with van der Waals surface area (Å²) < 4.78 is 0. The molecule has 0 atom stereocenters. The van der Waals surface area contributed by atoms with Gasteiger partial charge in [0.25, 0.3) is 0 Å². The Morgan fingerprint density at radius 1 is 1.00 bits per heavy atom. The second-order valence-electron chi connectivity index (χ2n) is 7.38. The molecule has 0 spiro atoms. The van der Waals surface area contributed by atoms with Crippen molar-refractivity contribution in [1.29, 1.82) is 0 Å². The summed E-state index contributed by atoms with van der Waals surface area (Å²) in [7, 11) is 0. The number of nitrogens with one attached hydrogen (secondary N) is 1. The fraction of sp³-hybridized carbons (Fsp3) is 0.667. The highest BCUT2D eigenvalue weighted by atomic mass is 14.9. The number of nitrogens with two attached hydrogens (primary N) is 1. The maximum Gasteiger partial charge on any atom is 0.0343 e. The van der Waals surface area contributed by atoms with Gasteiger partial charge in [-0.05, 0) is 79.4 Å². The van der Waals surface area contributed by atoms with Crippen LogP contribution < -0.4 is 11.1 Å². The van der Waals surface area contributed by atoms with E-state index in [0.717, 1.165) is 29.6 Å². The van der Waals surface area contributed by atoms with Gasteiger partial charge in [0, 0.05) is 18.8 Å². The summed E-state index contributed by atoms with van der Waals surface area (Å²) in [6, 6.07) is 8.60. The third kappa shape index (κ3) is 2.24. The maximum absolute atomic E-state index is 5.72. The van der Waals surface area contributed by atoms with Gasteiger partial charge in [0.15, 0.2) is 0 Å². The second kappa shape index (κ2) is 5.07. The van der Waals surface area contributed by atoms with E-state index < -0.39 is 0 Å². The summed E-state index contributed by atoms with van der Waals surface area (Å²) in [5, 5.41) is 3.69. The summed E-state index contributed by atoms with van der Waals surface area (Å²) >= 11 is 0. The van der Waals surface area contributed by atoms with Crippen LogP contribution in [0.4, 0.5) is 5.69 Å². The molecule has 0 aliphatic heterocycles. The molecule has 0 amide bonds. The molecule has 4 saturated carbocycles. The van der Waals surface area contributed by atoms with Gasteiger partial charge in [-0.15, -0.1) is 0 Å². The fourth-order valence-corrected chi connectivity index (χ4v) is 5.42. The smallest absolute Gasteiger partial charge is 0.0343 e. The van der Waals surface area contributed by atoms with Crippen molar-refractivity contribution < 1.29 is 0 Å². The largest absolute Gasteiger partial charge is 0.385 e. The van der Waals surface area contributed by atoms with E-state index in [-0.39, 0.29) is 0 Å². The lowest BCUT2D eigenvalue weighted by molar-refractivity contribution is -0.0305. The Morgan fingerprint density at radius 2 is 1.70 bits per heavy atom. The van der Waals surface area contributed by atoms with Crippen molar-refractivity contribution in [3.8, 4) is 0 Å². The van der Waals surface area contributed by atoms with Gasteiger partial charge in [-0.1, -0.05) is 12.1 Å². The van der Waals surface area contributed by atoms with Gasteiger partial charge in [-0.3, -0.25) is 0 Å². The van der Waals surface area contributed by atoms with Crippen LogP contribution >= 0.6 is 0 Å². The third-order valence-corrected chi connectivity index (χ3v) is 6.13. The van der Waals surface area contributed by atoms with Crippen molar-refractivity contribution in [2.45, 2.75) is 38.6 Å². The number of anilines is 1. The van der Waals surface area contributed by atoms with E-state index >= 15 is 0 Å². The Balaban J connectivity index is 1.42. The molecule has 5 rings (SSSR count). The monoisotopic (exact) mass is 270 g/mol. The van der Waals surface area contributed by atoms with E-state index in [4.69, 9.17) is 5.73 Å². The maximum atomic E-state index is 5.72. The summed E-state index contributed by atoms with van der Waals surface area (Å²) in [5.74, 6) is 5.10. The van der Waals surface area contributed by atoms with Crippen LogP contribution in [-0.4, -0.2) is 6.54 Å². The first-order valence-corrected chi connectivity index (χ1v) is 8.34. The van der Waals surface area contributed by atoms with E-state index in [1.54, 1.807) is 6.42 Å². The second-order valence-corrected chi connectivity index (χ2v) is 7.38. The van der Waals surface area contributed by atoms with Gasteiger partial charge >= 0.3 is 0 Å². The van der Waals surface area contributed by atoms with Crippen molar-refractivity contribution in [2.75, 3.05) is 11.9 Å². The number of benzene rings is 1. The normalized spacial score (nSPS) is 38.1. The molecule has 4 aliphatic rings. The zero-order chi connectivity index (χ0) is 13.5.